The Hall–Kier alpha value is -2.29. The van der Waals surface area contributed by atoms with E-state index in [9.17, 15) is 4.79 Å². The number of hydrogen-bond acceptors (Lipinski definition) is 7. The summed E-state index contributed by atoms with van der Waals surface area (Å²) in [5.41, 5.74) is 6.37. The zero-order valence-electron chi connectivity index (χ0n) is 10.8. The van der Waals surface area contributed by atoms with Gasteiger partial charge in [-0.2, -0.15) is 5.10 Å². The molecule has 0 aromatic carbocycles. The van der Waals surface area contributed by atoms with Gasteiger partial charge in [-0.25, -0.2) is 14.5 Å². The number of nitrogens with zero attached hydrogens (tertiary/aromatic N) is 6. The zero-order chi connectivity index (χ0) is 13.8. The van der Waals surface area contributed by atoms with Crippen LogP contribution in [0.1, 0.15) is 22.0 Å². The van der Waals surface area contributed by atoms with E-state index in [2.05, 4.69) is 25.1 Å². The lowest BCUT2D eigenvalue weighted by Crippen LogP contribution is -2.16. The van der Waals surface area contributed by atoms with E-state index in [1.54, 1.807) is 16.4 Å². The molecule has 2 rings (SSSR count). The van der Waals surface area contributed by atoms with Crippen LogP contribution in [0.2, 0.25) is 0 Å². The van der Waals surface area contributed by atoms with Gasteiger partial charge in [-0.15, -0.1) is 5.10 Å². The Bertz CT molecular complexity index is 574. The third-order valence-corrected chi connectivity index (χ3v) is 2.69. The standard InChI is InChI=1S/C10H15N7O2/c1-16-8(12-6-13-16)5-17-7(3-4-11)9(14-15-17)10(18)19-2/h6H,3-5,11H2,1-2H3. The fraction of sp³-hybridized carbons (Fsp3) is 0.500. The topological polar surface area (TPSA) is 114 Å². The zero-order valence-corrected chi connectivity index (χ0v) is 10.8. The summed E-state index contributed by atoms with van der Waals surface area (Å²) in [6.45, 7) is 0.756. The van der Waals surface area contributed by atoms with E-state index >= 15 is 0 Å². The van der Waals surface area contributed by atoms with Crippen LogP contribution in [-0.2, 0) is 24.8 Å². The maximum Gasteiger partial charge on any atom is 0.360 e. The predicted octanol–water partition coefficient (Wildman–Crippen LogP) is -1.26. The molecule has 0 spiro atoms. The molecule has 0 saturated heterocycles. The monoisotopic (exact) mass is 265 g/mol. The van der Waals surface area contributed by atoms with E-state index in [0.717, 1.165) is 0 Å². The molecule has 9 heteroatoms. The lowest BCUT2D eigenvalue weighted by atomic mass is 10.2. The molecule has 2 heterocycles. The van der Waals surface area contributed by atoms with Gasteiger partial charge in [0.25, 0.3) is 0 Å². The van der Waals surface area contributed by atoms with Crippen molar-refractivity contribution in [1.82, 2.24) is 29.8 Å². The molecule has 9 nitrogen and oxygen atoms in total. The van der Waals surface area contributed by atoms with Crippen LogP contribution in [0.4, 0.5) is 0 Å². The van der Waals surface area contributed by atoms with Crippen LogP contribution in [0.15, 0.2) is 6.33 Å². The molecule has 2 aromatic rings. The SMILES string of the molecule is COC(=O)c1nnn(Cc2ncnn2C)c1CCN. The highest BCUT2D eigenvalue weighted by atomic mass is 16.5. The first-order valence-electron chi connectivity index (χ1n) is 5.71. The third kappa shape index (κ3) is 2.60. The molecule has 0 fully saturated rings. The van der Waals surface area contributed by atoms with Gasteiger partial charge in [0.2, 0.25) is 0 Å². The number of carbonyl (C=O) groups excluding carboxylic acids is 1. The fourth-order valence-corrected chi connectivity index (χ4v) is 1.70. The van der Waals surface area contributed by atoms with Crippen LogP contribution in [0.25, 0.3) is 0 Å². The second kappa shape index (κ2) is 5.57. The number of methoxy groups -OCH3 is 1. The van der Waals surface area contributed by atoms with Gasteiger partial charge >= 0.3 is 5.97 Å². The molecule has 0 amide bonds. The summed E-state index contributed by atoms with van der Waals surface area (Å²) < 4.78 is 7.88. The molecule has 2 aromatic heterocycles. The Labute approximate surface area is 109 Å². The molecule has 0 aliphatic rings. The molecule has 0 aliphatic heterocycles. The minimum absolute atomic E-state index is 0.190. The Morgan fingerprint density at radius 3 is 2.89 bits per heavy atom. The van der Waals surface area contributed by atoms with Crippen LogP contribution < -0.4 is 5.73 Å². The average molecular weight is 265 g/mol. The number of aromatic nitrogens is 6. The third-order valence-electron chi connectivity index (χ3n) is 2.69. The van der Waals surface area contributed by atoms with Crippen LogP contribution in [0.3, 0.4) is 0 Å². The summed E-state index contributed by atoms with van der Waals surface area (Å²) in [6.07, 6.45) is 1.94. The first-order chi connectivity index (χ1) is 9.17. The summed E-state index contributed by atoms with van der Waals surface area (Å²) in [7, 11) is 3.08. The lowest BCUT2D eigenvalue weighted by Gasteiger charge is -2.06. The summed E-state index contributed by atoms with van der Waals surface area (Å²) in [6, 6.07) is 0. The number of nitrogens with two attached hydrogens (primary N) is 1. The van der Waals surface area contributed by atoms with Crippen molar-refractivity contribution in [2.24, 2.45) is 12.8 Å². The van der Waals surface area contributed by atoms with Crippen molar-refractivity contribution in [2.75, 3.05) is 13.7 Å². The van der Waals surface area contributed by atoms with Crippen molar-refractivity contribution in [2.45, 2.75) is 13.0 Å². The first-order valence-corrected chi connectivity index (χ1v) is 5.71. The van der Waals surface area contributed by atoms with Crippen molar-refractivity contribution < 1.29 is 9.53 Å². The van der Waals surface area contributed by atoms with Gasteiger partial charge < -0.3 is 10.5 Å². The second-order valence-corrected chi connectivity index (χ2v) is 3.87. The first kappa shape index (κ1) is 13.1. The van der Waals surface area contributed by atoms with E-state index in [0.29, 0.717) is 31.0 Å². The molecular formula is C10H15N7O2. The van der Waals surface area contributed by atoms with Crippen LogP contribution in [0, 0.1) is 0 Å². The van der Waals surface area contributed by atoms with Gasteiger partial charge in [0.15, 0.2) is 5.69 Å². The van der Waals surface area contributed by atoms with Crippen LogP contribution >= 0.6 is 0 Å². The minimum atomic E-state index is -0.521. The van der Waals surface area contributed by atoms with Crippen molar-refractivity contribution in [1.29, 1.82) is 0 Å². The number of carbonyl (C=O) groups is 1. The Balaban J connectivity index is 2.32. The maximum atomic E-state index is 11.6. The van der Waals surface area contributed by atoms with Gasteiger partial charge in [0.1, 0.15) is 18.7 Å². The van der Waals surface area contributed by atoms with Gasteiger partial charge in [-0.3, -0.25) is 4.68 Å². The van der Waals surface area contributed by atoms with Gasteiger partial charge in [0.05, 0.1) is 12.8 Å². The van der Waals surface area contributed by atoms with Gasteiger partial charge in [0, 0.05) is 13.5 Å². The average Bonchev–Trinajstić information content (AvgIpc) is 2.98. The van der Waals surface area contributed by atoms with Crippen molar-refractivity contribution in [3.63, 3.8) is 0 Å². The largest absolute Gasteiger partial charge is 0.464 e. The number of ether oxygens (including phenoxy) is 1. The molecule has 0 saturated carbocycles. The highest BCUT2D eigenvalue weighted by molar-refractivity contribution is 5.88. The molecule has 0 unspecified atom stereocenters. The Morgan fingerprint density at radius 2 is 2.32 bits per heavy atom. The Kier molecular flexibility index (Phi) is 3.85. The van der Waals surface area contributed by atoms with E-state index in [1.165, 1.54) is 13.4 Å². The van der Waals surface area contributed by atoms with Crippen LogP contribution in [0.5, 0.6) is 0 Å². The van der Waals surface area contributed by atoms with Gasteiger partial charge in [-0.1, -0.05) is 5.21 Å². The van der Waals surface area contributed by atoms with E-state index < -0.39 is 5.97 Å². The highest BCUT2D eigenvalue weighted by Gasteiger charge is 2.20. The fourth-order valence-electron chi connectivity index (χ4n) is 1.70. The molecule has 0 bridgehead atoms. The molecular weight excluding hydrogens is 250 g/mol. The van der Waals surface area contributed by atoms with Crippen LogP contribution in [-0.4, -0.2) is 49.4 Å². The molecule has 0 aliphatic carbocycles. The van der Waals surface area contributed by atoms with Gasteiger partial charge in [-0.05, 0) is 6.54 Å². The highest BCUT2D eigenvalue weighted by Crippen LogP contribution is 2.09. The minimum Gasteiger partial charge on any atom is -0.464 e. The lowest BCUT2D eigenvalue weighted by molar-refractivity contribution is 0.0592. The summed E-state index contributed by atoms with van der Waals surface area (Å²) in [5, 5.41) is 11.8. The number of hydrogen-bond donors (Lipinski definition) is 1. The molecule has 0 atom stereocenters. The molecule has 19 heavy (non-hydrogen) atoms. The van der Waals surface area contributed by atoms with Crippen molar-refractivity contribution >= 4 is 5.97 Å². The summed E-state index contributed by atoms with van der Waals surface area (Å²) in [5.74, 6) is 0.187. The van der Waals surface area contributed by atoms with E-state index in [4.69, 9.17) is 5.73 Å². The number of rotatable bonds is 5. The maximum absolute atomic E-state index is 11.6. The van der Waals surface area contributed by atoms with Crippen molar-refractivity contribution in [3.8, 4) is 0 Å². The normalized spacial score (nSPS) is 10.7. The molecule has 2 N–H and O–H groups in total. The second-order valence-electron chi connectivity index (χ2n) is 3.87. The van der Waals surface area contributed by atoms with E-state index in [1.807, 2.05) is 0 Å². The molecule has 102 valence electrons. The van der Waals surface area contributed by atoms with Crippen molar-refractivity contribution in [3.05, 3.63) is 23.5 Å². The summed E-state index contributed by atoms with van der Waals surface area (Å²) >= 11 is 0. The number of esters is 1. The quantitative estimate of drug-likeness (QED) is 0.671. The van der Waals surface area contributed by atoms with E-state index in [-0.39, 0.29) is 5.69 Å². The smallest absolute Gasteiger partial charge is 0.360 e. The summed E-state index contributed by atoms with van der Waals surface area (Å²) in [4.78, 5) is 15.7. The molecule has 0 radical (unpaired) electrons. The predicted molar refractivity (Wildman–Crippen MR) is 64.2 cm³/mol. The Morgan fingerprint density at radius 1 is 1.53 bits per heavy atom. The number of aryl methyl sites for hydroxylation is 1.